The molecule has 3 aromatic rings. The number of hydrogen-bond acceptors (Lipinski definition) is 9. The van der Waals surface area contributed by atoms with Gasteiger partial charge < -0.3 is 38.3 Å². The molecular formula is C29H28O9. The average Bonchev–Trinajstić information content (AvgIpc) is 3.61. The van der Waals surface area contributed by atoms with Gasteiger partial charge in [0.05, 0.1) is 32.8 Å². The zero-order valence-corrected chi connectivity index (χ0v) is 21.4. The molecular weight excluding hydrogens is 492 g/mol. The van der Waals surface area contributed by atoms with E-state index in [2.05, 4.69) is 0 Å². The highest BCUT2D eigenvalue weighted by Gasteiger charge is 2.79. The summed E-state index contributed by atoms with van der Waals surface area (Å²) in [5.41, 5.74) is -1.18. The maximum atomic E-state index is 13.4. The first-order valence-corrected chi connectivity index (χ1v) is 12.2. The van der Waals surface area contributed by atoms with Crippen LogP contribution in [-0.2, 0) is 25.5 Å². The number of ether oxygens (including phenoxy) is 7. The monoisotopic (exact) mass is 520 g/mol. The predicted octanol–water partition coefficient (Wildman–Crippen LogP) is 3.51. The van der Waals surface area contributed by atoms with Gasteiger partial charge in [0.2, 0.25) is 6.79 Å². The number of carbonyl (C=O) groups is 1. The first-order valence-electron chi connectivity index (χ1n) is 12.2. The summed E-state index contributed by atoms with van der Waals surface area (Å²) in [6.45, 7) is 0.0861. The number of rotatable bonds is 6. The van der Waals surface area contributed by atoms with Crippen molar-refractivity contribution in [1.29, 1.82) is 0 Å². The van der Waals surface area contributed by atoms with Crippen molar-refractivity contribution in [3.8, 4) is 28.7 Å². The molecule has 9 heteroatoms. The van der Waals surface area contributed by atoms with Crippen molar-refractivity contribution in [1.82, 2.24) is 0 Å². The van der Waals surface area contributed by atoms with Gasteiger partial charge in [-0.2, -0.15) is 0 Å². The van der Waals surface area contributed by atoms with Gasteiger partial charge in [0, 0.05) is 30.7 Å². The lowest BCUT2D eigenvalue weighted by atomic mass is 9.70. The summed E-state index contributed by atoms with van der Waals surface area (Å²) in [7, 11) is 5.87. The van der Waals surface area contributed by atoms with E-state index in [1.54, 1.807) is 25.3 Å². The molecule has 1 unspecified atom stereocenters. The minimum absolute atomic E-state index is 0.0861. The number of methoxy groups -OCH3 is 4. The van der Waals surface area contributed by atoms with Crippen LogP contribution in [0.2, 0.25) is 0 Å². The van der Waals surface area contributed by atoms with Crippen molar-refractivity contribution in [3.63, 3.8) is 0 Å². The van der Waals surface area contributed by atoms with Crippen LogP contribution in [0.3, 0.4) is 0 Å². The number of benzene rings is 3. The van der Waals surface area contributed by atoms with E-state index in [9.17, 15) is 9.90 Å². The van der Waals surface area contributed by atoms with E-state index in [1.165, 1.54) is 21.3 Å². The lowest BCUT2D eigenvalue weighted by Gasteiger charge is -2.43. The number of fused-ring (bicyclic) bond motifs is 4. The van der Waals surface area contributed by atoms with Crippen LogP contribution >= 0.6 is 0 Å². The molecule has 2 heterocycles. The van der Waals surface area contributed by atoms with Crippen LogP contribution in [-0.4, -0.2) is 52.4 Å². The predicted molar refractivity (Wildman–Crippen MR) is 134 cm³/mol. The quantitative estimate of drug-likeness (QED) is 0.489. The highest BCUT2D eigenvalue weighted by Crippen LogP contribution is 2.72. The van der Waals surface area contributed by atoms with Crippen LogP contribution < -0.4 is 23.7 Å². The van der Waals surface area contributed by atoms with E-state index < -0.39 is 35.1 Å². The summed E-state index contributed by atoms with van der Waals surface area (Å²) in [4.78, 5) is 13.4. The minimum Gasteiger partial charge on any atom is -0.496 e. The highest BCUT2D eigenvalue weighted by atomic mass is 16.7. The summed E-state index contributed by atoms with van der Waals surface area (Å²) < 4.78 is 41.1. The fourth-order valence-electron chi connectivity index (χ4n) is 6.53. The number of aliphatic hydroxyl groups is 1. The maximum Gasteiger partial charge on any atom is 0.312 e. The van der Waals surface area contributed by atoms with Gasteiger partial charge in [-0.3, -0.25) is 4.79 Å². The van der Waals surface area contributed by atoms with Crippen molar-refractivity contribution in [2.45, 2.75) is 23.2 Å². The fourth-order valence-corrected chi connectivity index (χ4v) is 6.53. The van der Waals surface area contributed by atoms with Crippen LogP contribution in [0.15, 0.2) is 60.7 Å². The normalized spacial score (nSPS) is 28.3. The lowest BCUT2D eigenvalue weighted by Crippen LogP contribution is -2.53. The van der Waals surface area contributed by atoms with Crippen LogP contribution in [0.1, 0.15) is 22.6 Å². The molecule has 0 saturated heterocycles. The molecule has 6 rings (SSSR count). The molecule has 5 atom stereocenters. The number of hydrogen-bond donors (Lipinski definition) is 1. The van der Waals surface area contributed by atoms with Gasteiger partial charge >= 0.3 is 5.97 Å². The van der Waals surface area contributed by atoms with Crippen molar-refractivity contribution >= 4 is 5.97 Å². The summed E-state index contributed by atoms with van der Waals surface area (Å²) in [5.74, 6) is 0.0282. The Bertz CT molecular complexity index is 1390. The molecule has 9 nitrogen and oxygen atoms in total. The Balaban J connectivity index is 1.73. The molecule has 1 N–H and O–H groups in total. The van der Waals surface area contributed by atoms with Crippen molar-refractivity contribution in [2.24, 2.45) is 5.92 Å². The molecule has 1 saturated carbocycles. The number of aliphatic hydroxyl groups excluding tert-OH is 1. The third-order valence-corrected chi connectivity index (χ3v) is 8.00. The Morgan fingerprint density at radius 3 is 2.37 bits per heavy atom. The molecule has 1 aliphatic carbocycles. The minimum atomic E-state index is -1.59. The Hall–Kier alpha value is -3.95. The Kier molecular flexibility index (Phi) is 5.66. The number of carbonyl (C=O) groups excluding carboxylic acids is 1. The third kappa shape index (κ3) is 2.97. The largest absolute Gasteiger partial charge is 0.496 e. The van der Waals surface area contributed by atoms with Crippen LogP contribution in [0.25, 0.3) is 0 Å². The maximum absolute atomic E-state index is 13.4. The summed E-state index contributed by atoms with van der Waals surface area (Å²) in [6.07, 6.45) is -1.39. The SMILES string of the molecule is COC(=O)[C@H]1C(c2ccccc2)[C@]2(c3ccc4c(c3)OCO4)Oc3cc(OC)cc(OC)c3[C@]2(OC)[C@H]1O. The Morgan fingerprint density at radius 1 is 0.921 bits per heavy atom. The first kappa shape index (κ1) is 24.4. The van der Waals surface area contributed by atoms with Gasteiger partial charge in [0.25, 0.3) is 0 Å². The molecule has 38 heavy (non-hydrogen) atoms. The zero-order chi connectivity index (χ0) is 26.7. The Labute approximate surface area is 219 Å². The van der Waals surface area contributed by atoms with Gasteiger partial charge in [-0.1, -0.05) is 36.4 Å². The van der Waals surface area contributed by atoms with Crippen LogP contribution in [0.5, 0.6) is 28.7 Å². The van der Waals surface area contributed by atoms with Crippen molar-refractivity contribution < 1.29 is 43.1 Å². The highest BCUT2D eigenvalue weighted by molar-refractivity contribution is 5.78. The van der Waals surface area contributed by atoms with Gasteiger partial charge in [0.15, 0.2) is 22.7 Å². The third-order valence-electron chi connectivity index (χ3n) is 8.00. The van der Waals surface area contributed by atoms with Gasteiger partial charge in [-0.05, 0) is 17.7 Å². The van der Waals surface area contributed by atoms with E-state index in [0.29, 0.717) is 39.9 Å². The standard InChI is InChI=1S/C29H28O9/c1-32-18-13-21(33-2)25-22(14-18)38-28(17-10-11-19-20(12-17)37-15-36-19)24(16-8-6-5-7-9-16)23(27(31)34-3)26(30)29(25,28)35-4/h5-14,23-24,26,30H,15H2,1-4H3/t23-,24?,26-,28-,29-/m0/s1. The fraction of sp³-hybridized carbons (Fsp3) is 0.345. The van der Waals surface area contributed by atoms with Gasteiger partial charge in [-0.15, -0.1) is 0 Å². The van der Waals surface area contributed by atoms with Crippen molar-refractivity contribution in [3.05, 3.63) is 77.4 Å². The molecule has 0 radical (unpaired) electrons. The van der Waals surface area contributed by atoms with E-state index >= 15 is 0 Å². The molecule has 3 aliphatic rings. The van der Waals surface area contributed by atoms with Gasteiger partial charge in [0.1, 0.15) is 23.4 Å². The second-order valence-electron chi connectivity index (χ2n) is 9.43. The number of esters is 1. The van der Waals surface area contributed by atoms with Crippen molar-refractivity contribution in [2.75, 3.05) is 35.2 Å². The molecule has 0 spiro atoms. The zero-order valence-electron chi connectivity index (χ0n) is 21.4. The second-order valence-corrected chi connectivity index (χ2v) is 9.43. The molecule has 0 bridgehead atoms. The molecule has 198 valence electrons. The summed E-state index contributed by atoms with van der Waals surface area (Å²) in [5, 5.41) is 12.2. The van der Waals surface area contributed by atoms with Crippen LogP contribution in [0, 0.1) is 5.92 Å². The molecule has 3 aromatic carbocycles. The topological polar surface area (TPSA) is 102 Å². The lowest BCUT2D eigenvalue weighted by molar-refractivity contribution is -0.176. The smallest absolute Gasteiger partial charge is 0.312 e. The molecule has 0 amide bonds. The van der Waals surface area contributed by atoms with E-state index in [4.69, 9.17) is 33.2 Å². The van der Waals surface area contributed by atoms with E-state index in [1.807, 2.05) is 42.5 Å². The van der Waals surface area contributed by atoms with Crippen LogP contribution in [0.4, 0.5) is 0 Å². The molecule has 2 aliphatic heterocycles. The second kappa shape index (κ2) is 8.82. The Morgan fingerprint density at radius 2 is 1.68 bits per heavy atom. The summed E-state index contributed by atoms with van der Waals surface area (Å²) >= 11 is 0. The average molecular weight is 521 g/mol. The molecule has 1 fully saturated rings. The summed E-state index contributed by atoms with van der Waals surface area (Å²) in [6, 6.07) is 18.3. The first-order chi connectivity index (χ1) is 18.5. The molecule has 0 aromatic heterocycles. The van der Waals surface area contributed by atoms with E-state index in [-0.39, 0.29) is 6.79 Å². The van der Waals surface area contributed by atoms with Gasteiger partial charge in [-0.25, -0.2) is 0 Å². The van der Waals surface area contributed by atoms with E-state index in [0.717, 1.165) is 5.56 Å².